The van der Waals surface area contributed by atoms with E-state index in [-0.39, 0.29) is 12.5 Å². The molecule has 4 N–H and O–H groups in total. The van der Waals surface area contributed by atoms with E-state index in [1.807, 2.05) is 36.9 Å². The van der Waals surface area contributed by atoms with E-state index in [0.29, 0.717) is 4.99 Å². The molecule has 0 heterocycles. The molecule has 0 aliphatic rings. The van der Waals surface area contributed by atoms with Crippen LogP contribution in [0.25, 0.3) is 0 Å². The highest BCUT2D eigenvalue weighted by Gasteiger charge is 2.09. The predicted molar refractivity (Wildman–Crippen MR) is 74.1 cm³/mol. The van der Waals surface area contributed by atoms with Gasteiger partial charge in [0.2, 0.25) is 5.91 Å². The minimum Gasteiger partial charge on any atom is -0.389 e. The summed E-state index contributed by atoms with van der Waals surface area (Å²) in [6.45, 7) is 4.84. The number of hydrogen-bond acceptors (Lipinski definition) is 3. The lowest BCUT2D eigenvalue weighted by molar-refractivity contribution is -0.116. The van der Waals surface area contributed by atoms with Crippen molar-refractivity contribution in [1.82, 2.24) is 0 Å². The Bertz CT molecular complexity index is 445. The van der Waals surface area contributed by atoms with Crippen molar-refractivity contribution in [3.8, 4) is 0 Å². The lowest BCUT2D eigenvalue weighted by Gasteiger charge is -2.22. The smallest absolute Gasteiger partial charge is 0.236 e. The minimum absolute atomic E-state index is 0.211. The van der Waals surface area contributed by atoms with Crippen LogP contribution in [0.4, 0.5) is 5.69 Å². The summed E-state index contributed by atoms with van der Waals surface area (Å²) in [5, 5.41) is 0. The van der Waals surface area contributed by atoms with Gasteiger partial charge in [-0.2, -0.15) is 0 Å². The quantitative estimate of drug-likeness (QED) is 0.764. The highest BCUT2D eigenvalue weighted by Crippen LogP contribution is 2.19. The van der Waals surface area contributed by atoms with Crippen molar-refractivity contribution >= 4 is 28.8 Å². The molecule has 1 amide bonds. The number of benzene rings is 1. The molecule has 0 unspecified atom stereocenters. The van der Waals surface area contributed by atoms with Crippen LogP contribution in [-0.2, 0) is 4.79 Å². The van der Waals surface area contributed by atoms with Crippen molar-refractivity contribution in [2.45, 2.75) is 13.8 Å². The predicted octanol–water partition coefficient (Wildman–Crippen LogP) is 0.941. The number of anilines is 1. The molecule has 4 nitrogen and oxygen atoms in total. The summed E-state index contributed by atoms with van der Waals surface area (Å²) >= 11 is 4.95. The number of amides is 1. The zero-order valence-corrected chi connectivity index (χ0v) is 10.9. The van der Waals surface area contributed by atoms with Gasteiger partial charge in [0.25, 0.3) is 0 Å². The summed E-state index contributed by atoms with van der Waals surface area (Å²) in [7, 11) is 0. The Morgan fingerprint density at radius 3 is 2.47 bits per heavy atom. The first-order valence-electron chi connectivity index (χ1n) is 5.39. The Labute approximate surface area is 107 Å². The highest BCUT2D eigenvalue weighted by atomic mass is 32.1. The van der Waals surface area contributed by atoms with E-state index in [4.69, 9.17) is 23.7 Å². The zero-order chi connectivity index (χ0) is 13.0. The van der Waals surface area contributed by atoms with Crippen LogP contribution in [-0.4, -0.2) is 24.0 Å². The van der Waals surface area contributed by atoms with E-state index in [0.717, 1.165) is 23.4 Å². The van der Waals surface area contributed by atoms with Crippen molar-refractivity contribution in [1.29, 1.82) is 0 Å². The van der Waals surface area contributed by atoms with Crippen LogP contribution in [0.3, 0.4) is 0 Å². The molecule has 0 fully saturated rings. The number of primary amides is 1. The Morgan fingerprint density at radius 2 is 2.06 bits per heavy atom. The maximum Gasteiger partial charge on any atom is 0.236 e. The van der Waals surface area contributed by atoms with E-state index in [9.17, 15) is 4.79 Å². The standard InChI is InChI=1S/C12H17N3OS/c1-3-15(7-11(13)16)9-4-5-10(12(14)17)8(2)6-9/h4-6H,3,7H2,1-2H3,(H2,13,16)(H2,14,17). The highest BCUT2D eigenvalue weighted by molar-refractivity contribution is 7.80. The van der Waals surface area contributed by atoms with Crippen molar-refractivity contribution in [3.63, 3.8) is 0 Å². The first-order chi connectivity index (χ1) is 7.95. The molecular weight excluding hydrogens is 234 g/mol. The fraction of sp³-hybridized carbons (Fsp3) is 0.333. The summed E-state index contributed by atoms with van der Waals surface area (Å²) in [6, 6.07) is 5.73. The van der Waals surface area contributed by atoms with Gasteiger partial charge >= 0.3 is 0 Å². The van der Waals surface area contributed by atoms with E-state index in [1.165, 1.54) is 0 Å². The summed E-state index contributed by atoms with van der Waals surface area (Å²) in [6.07, 6.45) is 0. The molecule has 0 aliphatic heterocycles. The van der Waals surface area contributed by atoms with Crippen LogP contribution in [0.1, 0.15) is 18.1 Å². The first kappa shape index (κ1) is 13.4. The van der Waals surface area contributed by atoms with Crippen LogP contribution in [0.2, 0.25) is 0 Å². The monoisotopic (exact) mass is 251 g/mol. The third-order valence-corrected chi connectivity index (χ3v) is 2.79. The maximum atomic E-state index is 10.9. The largest absolute Gasteiger partial charge is 0.389 e. The molecule has 0 aliphatic carbocycles. The second kappa shape index (κ2) is 5.63. The molecule has 92 valence electrons. The molecule has 0 bridgehead atoms. The van der Waals surface area contributed by atoms with Crippen molar-refractivity contribution < 1.29 is 4.79 Å². The maximum absolute atomic E-state index is 10.9. The van der Waals surface area contributed by atoms with Crippen molar-refractivity contribution in [2.24, 2.45) is 11.5 Å². The number of nitrogens with zero attached hydrogens (tertiary/aromatic N) is 1. The van der Waals surface area contributed by atoms with Crippen LogP contribution < -0.4 is 16.4 Å². The fourth-order valence-corrected chi connectivity index (χ4v) is 1.92. The average Bonchev–Trinajstić information content (AvgIpc) is 2.24. The van der Waals surface area contributed by atoms with Gasteiger partial charge in [0.15, 0.2) is 0 Å². The van der Waals surface area contributed by atoms with Crippen LogP contribution in [0, 0.1) is 6.92 Å². The zero-order valence-electron chi connectivity index (χ0n) is 10.1. The van der Waals surface area contributed by atoms with Crippen LogP contribution in [0.15, 0.2) is 18.2 Å². The Kier molecular flexibility index (Phi) is 4.45. The summed E-state index contributed by atoms with van der Waals surface area (Å²) in [5.41, 5.74) is 13.6. The number of nitrogens with two attached hydrogens (primary N) is 2. The summed E-state index contributed by atoms with van der Waals surface area (Å²) in [5.74, 6) is -0.345. The molecular formula is C12H17N3OS. The first-order valence-corrected chi connectivity index (χ1v) is 5.80. The molecule has 1 aromatic rings. The van der Waals surface area contributed by atoms with E-state index >= 15 is 0 Å². The minimum atomic E-state index is -0.345. The molecule has 0 saturated heterocycles. The molecule has 5 heteroatoms. The van der Waals surface area contributed by atoms with Gasteiger partial charge in [-0.25, -0.2) is 0 Å². The van der Waals surface area contributed by atoms with Crippen molar-refractivity contribution in [3.05, 3.63) is 29.3 Å². The molecule has 1 rings (SSSR count). The molecule has 1 aromatic carbocycles. The number of likely N-dealkylation sites (N-methyl/N-ethyl adjacent to an activating group) is 1. The van der Waals surface area contributed by atoms with Gasteiger partial charge in [-0.15, -0.1) is 0 Å². The molecule has 0 spiro atoms. The average molecular weight is 251 g/mol. The second-order valence-corrected chi connectivity index (χ2v) is 4.28. The van der Waals surface area contributed by atoms with E-state index in [2.05, 4.69) is 0 Å². The number of thiocarbonyl (C=S) groups is 1. The van der Waals surface area contributed by atoms with Crippen LogP contribution in [0.5, 0.6) is 0 Å². The normalized spacial score (nSPS) is 10.0. The third-order valence-electron chi connectivity index (χ3n) is 2.57. The second-order valence-electron chi connectivity index (χ2n) is 3.84. The molecule has 0 aromatic heterocycles. The van der Waals surface area contributed by atoms with E-state index < -0.39 is 0 Å². The molecule has 17 heavy (non-hydrogen) atoms. The van der Waals surface area contributed by atoms with Gasteiger partial charge in [-0.05, 0) is 37.6 Å². The molecule has 0 radical (unpaired) electrons. The Balaban J connectivity index is 3.02. The van der Waals surface area contributed by atoms with Gasteiger partial charge in [0.05, 0.1) is 6.54 Å². The number of rotatable bonds is 5. The SMILES string of the molecule is CCN(CC(N)=O)c1ccc(C(N)=S)c(C)c1. The lowest BCUT2D eigenvalue weighted by atomic mass is 10.1. The number of carbonyl (C=O) groups is 1. The molecule has 0 atom stereocenters. The Morgan fingerprint density at radius 1 is 1.41 bits per heavy atom. The third kappa shape index (κ3) is 3.42. The van der Waals surface area contributed by atoms with Gasteiger partial charge < -0.3 is 16.4 Å². The number of carbonyl (C=O) groups excluding carboxylic acids is 1. The van der Waals surface area contributed by atoms with Gasteiger partial charge in [-0.1, -0.05) is 12.2 Å². The molecule has 0 saturated carbocycles. The van der Waals surface area contributed by atoms with E-state index in [1.54, 1.807) is 0 Å². The van der Waals surface area contributed by atoms with Crippen molar-refractivity contribution in [2.75, 3.05) is 18.0 Å². The van der Waals surface area contributed by atoms with Crippen LogP contribution >= 0.6 is 12.2 Å². The topological polar surface area (TPSA) is 72.3 Å². The summed E-state index contributed by atoms with van der Waals surface area (Å²) < 4.78 is 0. The Hall–Kier alpha value is -1.62. The fourth-order valence-electron chi connectivity index (χ4n) is 1.69. The number of aryl methyl sites for hydroxylation is 1. The lowest BCUT2D eigenvalue weighted by Crippen LogP contribution is -2.33. The summed E-state index contributed by atoms with van der Waals surface area (Å²) in [4.78, 5) is 13.2. The van der Waals surface area contributed by atoms with Gasteiger partial charge in [0, 0.05) is 17.8 Å². The number of hydrogen-bond donors (Lipinski definition) is 2. The van der Waals surface area contributed by atoms with Gasteiger partial charge in [0.1, 0.15) is 4.99 Å². The van der Waals surface area contributed by atoms with Gasteiger partial charge in [-0.3, -0.25) is 4.79 Å².